The van der Waals surface area contributed by atoms with E-state index in [1.165, 1.54) is 0 Å². The maximum Gasteiger partial charge on any atom is 0.407 e. The SMILES string of the molecule is C[C@H](NC(=O)OC(C)(C)C)C1CCN(C[C@H](C#N)CCC#N)CC1. The fraction of sp³-hybridized carbons (Fsp3) is 0.833. The van der Waals surface area contributed by atoms with Crippen molar-refractivity contribution >= 4 is 6.09 Å². The highest BCUT2D eigenvalue weighted by atomic mass is 16.6. The van der Waals surface area contributed by atoms with Gasteiger partial charge >= 0.3 is 6.09 Å². The zero-order valence-electron chi connectivity index (χ0n) is 15.3. The third-order valence-corrected chi connectivity index (χ3v) is 4.35. The third-order valence-electron chi connectivity index (χ3n) is 4.35. The summed E-state index contributed by atoms with van der Waals surface area (Å²) in [6, 6.07) is 4.48. The van der Waals surface area contributed by atoms with Crippen LogP contribution in [-0.2, 0) is 4.74 Å². The Kier molecular flexibility index (Phi) is 8.01. The summed E-state index contributed by atoms with van der Waals surface area (Å²) in [5, 5.41) is 20.7. The molecule has 2 atom stereocenters. The highest BCUT2D eigenvalue weighted by molar-refractivity contribution is 5.68. The van der Waals surface area contributed by atoms with Gasteiger partial charge in [0.15, 0.2) is 0 Å². The Morgan fingerprint density at radius 2 is 1.96 bits per heavy atom. The number of carbonyl (C=O) groups excluding carboxylic acids is 1. The van der Waals surface area contributed by atoms with E-state index in [1.54, 1.807) is 0 Å². The van der Waals surface area contributed by atoms with Gasteiger partial charge in [-0.3, -0.25) is 0 Å². The predicted molar refractivity (Wildman–Crippen MR) is 91.9 cm³/mol. The molecule has 0 aromatic rings. The zero-order chi connectivity index (χ0) is 18.2. The van der Waals surface area contributed by atoms with Gasteiger partial charge in [-0.25, -0.2) is 4.79 Å². The lowest BCUT2D eigenvalue weighted by molar-refractivity contribution is 0.0472. The van der Waals surface area contributed by atoms with Crippen molar-refractivity contribution in [1.29, 1.82) is 10.5 Å². The van der Waals surface area contributed by atoms with Gasteiger partial charge in [-0.2, -0.15) is 10.5 Å². The first-order valence-electron chi connectivity index (χ1n) is 8.73. The number of piperidine rings is 1. The fourth-order valence-corrected chi connectivity index (χ4v) is 2.99. The van der Waals surface area contributed by atoms with E-state index in [9.17, 15) is 4.79 Å². The molecule has 6 nitrogen and oxygen atoms in total. The summed E-state index contributed by atoms with van der Waals surface area (Å²) in [5.41, 5.74) is -0.483. The molecule has 1 N–H and O–H groups in total. The van der Waals surface area contributed by atoms with Gasteiger partial charge in [0.1, 0.15) is 5.60 Å². The van der Waals surface area contributed by atoms with Crippen LogP contribution in [0.1, 0.15) is 53.4 Å². The number of likely N-dealkylation sites (tertiary alicyclic amines) is 1. The van der Waals surface area contributed by atoms with Gasteiger partial charge in [0, 0.05) is 19.0 Å². The molecular formula is C18H30N4O2. The van der Waals surface area contributed by atoms with Crippen molar-refractivity contribution in [2.45, 2.75) is 65.0 Å². The molecule has 24 heavy (non-hydrogen) atoms. The largest absolute Gasteiger partial charge is 0.444 e. The Bertz CT molecular complexity index is 479. The van der Waals surface area contributed by atoms with E-state index in [0.29, 0.717) is 18.8 Å². The number of rotatable bonds is 6. The summed E-state index contributed by atoms with van der Waals surface area (Å²) in [6.45, 7) is 10.2. The Labute approximate surface area is 145 Å². The van der Waals surface area contributed by atoms with E-state index in [-0.39, 0.29) is 18.1 Å². The highest BCUT2D eigenvalue weighted by Crippen LogP contribution is 2.22. The van der Waals surface area contributed by atoms with Gasteiger partial charge in [-0.05, 0) is 66.0 Å². The summed E-state index contributed by atoms with van der Waals surface area (Å²) < 4.78 is 5.30. The highest BCUT2D eigenvalue weighted by Gasteiger charge is 2.27. The van der Waals surface area contributed by atoms with E-state index in [4.69, 9.17) is 15.3 Å². The van der Waals surface area contributed by atoms with Crippen LogP contribution in [0.2, 0.25) is 0 Å². The molecule has 1 heterocycles. The second-order valence-corrected chi connectivity index (χ2v) is 7.60. The molecule has 1 fully saturated rings. The van der Waals surface area contributed by atoms with Gasteiger partial charge in [-0.15, -0.1) is 0 Å². The lowest BCUT2D eigenvalue weighted by atomic mass is 9.90. The van der Waals surface area contributed by atoms with Crippen molar-refractivity contribution in [1.82, 2.24) is 10.2 Å². The van der Waals surface area contributed by atoms with Crippen molar-refractivity contribution in [2.75, 3.05) is 19.6 Å². The summed E-state index contributed by atoms with van der Waals surface area (Å²) in [7, 11) is 0. The Balaban J connectivity index is 2.35. The molecule has 1 amide bonds. The van der Waals surface area contributed by atoms with Crippen molar-refractivity contribution in [3.05, 3.63) is 0 Å². The molecule has 1 saturated heterocycles. The molecule has 1 aliphatic heterocycles. The minimum absolute atomic E-state index is 0.0708. The number of hydrogen-bond donors (Lipinski definition) is 1. The first kappa shape index (κ1) is 20.3. The number of ether oxygens (including phenoxy) is 1. The van der Waals surface area contributed by atoms with Crippen molar-refractivity contribution < 1.29 is 9.53 Å². The molecular weight excluding hydrogens is 304 g/mol. The van der Waals surface area contributed by atoms with Gasteiger partial charge < -0.3 is 15.0 Å². The van der Waals surface area contributed by atoms with Crippen molar-refractivity contribution in [2.24, 2.45) is 11.8 Å². The number of nitriles is 2. The van der Waals surface area contributed by atoms with Crippen LogP contribution in [-0.4, -0.2) is 42.3 Å². The summed E-state index contributed by atoms with van der Waals surface area (Å²) in [6.07, 6.45) is 2.70. The van der Waals surface area contributed by atoms with E-state index in [0.717, 1.165) is 32.5 Å². The lowest BCUT2D eigenvalue weighted by Crippen LogP contribution is -2.46. The van der Waals surface area contributed by atoms with Crippen LogP contribution >= 0.6 is 0 Å². The van der Waals surface area contributed by atoms with Crippen LogP contribution in [0.25, 0.3) is 0 Å². The lowest BCUT2D eigenvalue weighted by Gasteiger charge is -2.36. The van der Waals surface area contributed by atoms with Crippen LogP contribution in [0.5, 0.6) is 0 Å². The quantitative estimate of drug-likeness (QED) is 0.806. The Morgan fingerprint density at radius 1 is 1.33 bits per heavy atom. The smallest absolute Gasteiger partial charge is 0.407 e. The van der Waals surface area contributed by atoms with Crippen LogP contribution in [0.4, 0.5) is 4.79 Å². The first-order chi connectivity index (χ1) is 11.2. The molecule has 0 aromatic heterocycles. The van der Waals surface area contributed by atoms with E-state index in [1.807, 2.05) is 27.7 Å². The molecule has 0 aromatic carbocycles. The molecule has 0 saturated carbocycles. The van der Waals surface area contributed by atoms with E-state index in [2.05, 4.69) is 22.4 Å². The molecule has 0 unspecified atom stereocenters. The van der Waals surface area contributed by atoms with Crippen LogP contribution < -0.4 is 5.32 Å². The molecule has 0 spiro atoms. The van der Waals surface area contributed by atoms with Gasteiger partial charge in [-0.1, -0.05) is 0 Å². The van der Waals surface area contributed by atoms with Crippen LogP contribution in [0.3, 0.4) is 0 Å². The van der Waals surface area contributed by atoms with Crippen LogP contribution in [0, 0.1) is 34.5 Å². The van der Waals surface area contributed by atoms with Crippen molar-refractivity contribution in [3.63, 3.8) is 0 Å². The molecule has 6 heteroatoms. The molecule has 0 radical (unpaired) electrons. The third kappa shape index (κ3) is 7.66. The van der Waals surface area contributed by atoms with E-state index >= 15 is 0 Å². The average Bonchev–Trinajstić information content (AvgIpc) is 2.50. The molecule has 0 aliphatic carbocycles. The standard InChI is InChI=1S/C18H30N4O2/c1-14(21-17(23)24-18(2,3)4)16-7-10-22(11-8-16)13-15(12-20)6-5-9-19/h14-16H,5-8,10-11,13H2,1-4H3,(H,21,23)/t14-,15-/m0/s1. The molecule has 1 aliphatic rings. The topological polar surface area (TPSA) is 89.2 Å². The number of nitrogens with one attached hydrogen (secondary N) is 1. The van der Waals surface area contributed by atoms with Gasteiger partial charge in [0.25, 0.3) is 0 Å². The zero-order valence-corrected chi connectivity index (χ0v) is 15.3. The average molecular weight is 334 g/mol. The molecule has 134 valence electrons. The maximum atomic E-state index is 11.9. The number of nitrogens with zero attached hydrogens (tertiary/aromatic N) is 3. The summed E-state index contributed by atoms with van der Waals surface area (Å²) >= 11 is 0. The Morgan fingerprint density at radius 3 is 2.46 bits per heavy atom. The Hall–Kier alpha value is -1.79. The minimum atomic E-state index is -0.483. The van der Waals surface area contributed by atoms with Crippen molar-refractivity contribution in [3.8, 4) is 12.1 Å². The summed E-state index contributed by atoms with van der Waals surface area (Å²) in [5.74, 6) is 0.354. The second-order valence-electron chi connectivity index (χ2n) is 7.60. The van der Waals surface area contributed by atoms with Crippen LogP contribution in [0.15, 0.2) is 0 Å². The molecule has 0 bridgehead atoms. The molecule has 1 rings (SSSR count). The minimum Gasteiger partial charge on any atom is -0.444 e. The number of carbonyl (C=O) groups is 1. The fourth-order valence-electron chi connectivity index (χ4n) is 2.99. The predicted octanol–water partition coefficient (Wildman–Crippen LogP) is 3.06. The normalized spacial score (nSPS) is 18.9. The first-order valence-corrected chi connectivity index (χ1v) is 8.73. The van der Waals surface area contributed by atoms with Gasteiger partial charge in [0.05, 0.1) is 18.1 Å². The number of hydrogen-bond acceptors (Lipinski definition) is 5. The number of amides is 1. The monoisotopic (exact) mass is 334 g/mol. The van der Waals surface area contributed by atoms with Gasteiger partial charge in [0.2, 0.25) is 0 Å². The maximum absolute atomic E-state index is 11.9. The van der Waals surface area contributed by atoms with E-state index < -0.39 is 5.60 Å². The second kappa shape index (κ2) is 9.49. The number of alkyl carbamates (subject to hydrolysis) is 1. The summed E-state index contributed by atoms with van der Waals surface area (Å²) in [4.78, 5) is 14.1.